The Morgan fingerprint density at radius 2 is 2.05 bits per heavy atom. The van der Waals surface area contributed by atoms with Gasteiger partial charge in [0, 0.05) is 25.3 Å². The first-order valence-electron chi connectivity index (χ1n) is 6.91. The molecule has 1 aliphatic rings. The molecular weight excluding hydrogens is 322 g/mol. The van der Waals surface area contributed by atoms with Crippen molar-refractivity contribution in [2.75, 3.05) is 33.9 Å². The molecule has 1 aromatic rings. The average molecular weight is 344 g/mol. The lowest BCUT2D eigenvalue weighted by molar-refractivity contribution is 0.248. The lowest BCUT2D eigenvalue weighted by Crippen LogP contribution is -2.20. The number of aliphatic hydroxyl groups excluding tert-OH is 1. The number of halogens is 1. The number of methoxy groups -OCH3 is 2. The zero-order valence-electron chi connectivity index (χ0n) is 12.1. The maximum absolute atomic E-state index is 9.02. The van der Waals surface area contributed by atoms with Gasteiger partial charge in [0.05, 0.1) is 18.7 Å². The largest absolute Gasteiger partial charge is 0.496 e. The molecule has 0 aromatic heterocycles. The molecule has 1 atom stereocenters. The monoisotopic (exact) mass is 343 g/mol. The summed E-state index contributed by atoms with van der Waals surface area (Å²) in [7, 11) is 3.36. The van der Waals surface area contributed by atoms with Gasteiger partial charge in [-0.3, -0.25) is 4.90 Å². The molecule has 5 heteroatoms. The smallest absolute Gasteiger partial charge is 0.133 e. The van der Waals surface area contributed by atoms with E-state index in [0.29, 0.717) is 5.92 Å². The van der Waals surface area contributed by atoms with E-state index in [9.17, 15) is 0 Å². The van der Waals surface area contributed by atoms with Crippen LogP contribution in [0.1, 0.15) is 18.4 Å². The minimum absolute atomic E-state index is 0.286. The van der Waals surface area contributed by atoms with Crippen molar-refractivity contribution in [3.63, 3.8) is 0 Å². The van der Waals surface area contributed by atoms with Gasteiger partial charge in [0.2, 0.25) is 0 Å². The zero-order chi connectivity index (χ0) is 14.5. The fourth-order valence-corrected chi connectivity index (χ4v) is 3.25. The van der Waals surface area contributed by atoms with E-state index in [0.717, 1.165) is 54.0 Å². The van der Waals surface area contributed by atoms with Crippen LogP contribution in [0.4, 0.5) is 0 Å². The molecule has 1 aliphatic heterocycles. The summed E-state index contributed by atoms with van der Waals surface area (Å²) in [5.74, 6) is 2.32. The van der Waals surface area contributed by atoms with Gasteiger partial charge in [-0.05, 0) is 53.4 Å². The molecule has 4 nitrogen and oxygen atoms in total. The lowest BCUT2D eigenvalue weighted by Gasteiger charge is -2.19. The van der Waals surface area contributed by atoms with Crippen molar-refractivity contribution in [2.45, 2.75) is 19.4 Å². The molecule has 1 aromatic carbocycles. The Labute approximate surface area is 128 Å². The number of likely N-dealkylation sites (tertiary alicyclic amines) is 1. The Morgan fingerprint density at radius 3 is 2.70 bits per heavy atom. The van der Waals surface area contributed by atoms with Gasteiger partial charge < -0.3 is 14.6 Å². The fraction of sp³-hybridized carbons (Fsp3) is 0.600. The van der Waals surface area contributed by atoms with Crippen LogP contribution in [0.25, 0.3) is 0 Å². The predicted octanol–water partition coefficient (Wildman–Crippen LogP) is 2.67. The number of nitrogens with zero attached hydrogens (tertiary/aromatic N) is 1. The molecule has 1 N–H and O–H groups in total. The van der Waals surface area contributed by atoms with Crippen LogP contribution in [-0.2, 0) is 6.54 Å². The van der Waals surface area contributed by atoms with Crippen LogP contribution < -0.4 is 9.47 Å². The highest BCUT2D eigenvalue weighted by Gasteiger charge is 2.23. The van der Waals surface area contributed by atoms with Crippen molar-refractivity contribution in [1.82, 2.24) is 4.90 Å². The molecule has 20 heavy (non-hydrogen) atoms. The Kier molecular flexibility index (Phi) is 5.69. The van der Waals surface area contributed by atoms with Crippen LogP contribution in [0, 0.1) is 5.92 Å². The molecule has 0 amide bonds. The summed E-state index contributed by atoms with van der Waals surface area (Å²) >= 11 is 3.48. The van der Waals surface area contributed by atoms with E-state index in [1.165, 1.54) is 0 Å². The van der Waals surface area contributed by atoms with E-state index < -0.39 is 0 Å². The third-order valence-electron chi connectivity index (χ3n) is 3.86. The summed E-state index contributed by atoms with van der Waals surface area (Å²) in [5, 5.41) is 9.02. The predicted molar refractivity (Wildman–Crippen MR) is 82.3 cm³/mol. The van der Waals surface area contributed by atoms with Crippen molar-refractivity contribution < 1.29 is 14.6 Å². The second-order valence-electron chi connectivity index (χ2n) is 5.20. The molecule has 112 valence electrons. The number of benzene rings is 1. The highest BCUT2D eigenvalue weighted by molar-refractivity contribution is 9.10. The lowest BCUT2D eigenvalue weighted by atomic mass is 10.1. The minimum Gasteiger partial charge on any atom is -0.496 e. The molecule has 1 heterocycles. The van der Waals surface area contributed by atoms with Crippen molar-refractivity contribution in [3.8, 4) is 11.5 Å². The van der Waals surface area contributed by atoms with Crippen molar-refractivity contribution in [3.05, 3.63) is 22.2 Å². The molecule has 0 aliphatic carbocycles. The molecule has 0 spiro atoms. The Hall–Kier alpha value is -0.780. The van der Waals surface area contributed by atoms with E-state index in [2.05, 4.69) is 20.8 Å². The summed E-state index contributed by atoms with van der Waals surface area (Å²) in [6.07, 6.45) is 2.06. The van der Waals surface area contributed by atoms with Crippen molar-refractivity contribution in [2.24, 2.45) is 5.92 Å². The normalized spacial score (nSPS) is 19.3. The molecule has 1 fully saturated rings. The van der Waals surface area contributed by atoms with Gasteiger partial charge in [-0.1, -0.05) is 0 Å². The van der Waals surface area contributed by atoms with E-state index in [4.69, 9.17) is 14.6 Å². The maximum Gasteiger partial charge on any atom is 0.133 e. The Morgan fingerprint density at radius 1 is 1.30 bits per heavy atom. The SMILES string of the molecule is COc1cc(CN2CCC(CCO)C2)c(OC)cc1Br. The first-order chi connectivity index (χ1) is 9.67. The van der Waals surface area contributed by atoms with Crippen LogP contribution in [-0.4, -0.2) is 43.9 Å². The summed E-state index contributed by atoms with van der Waals surface area (Å²) in [4.78, 5) is 2.41. The third-order valence-corrected chi connectivity index (χ3v) is 4.48. The minimum atomic E-state index is 0.286. The standard InChI is InChI=1S/C15H22BrNO3/c1-19-14-8-13(16)15(20-2)7-12(14)10-17-5-3-11(9-17)4-6-18/h7-8,11,18H,3-6,9-10H2,1-2H3. The van der Waals surface area contributed by atoms with Gasteiger partial charge >= 0.3 is 0 Å². The fourth-order valence-electron chi connectivity index (χ4n) is 2.76. The highest BCUT2D eigenvalue weighted by atomic mass is 79.9. The third kappa shape index (κ3) is 3.65. The van der Waals surface area contributed by atoms with Crippen LogP contribution in [0.3, 0.4) is 0 Å². The quantitative estimate of drug-likeness (QED) is 0.862. The number of ether oxygens (including phenoxy) is 2. The molecular formula is C15H22BrNO3. The van der Waals surface area contributed by atoms with Gasteiger partial charge in [0.1, 0.15) is 11.5 Å². The van der Waals surface area contributed by atoms with Crippen molar-refractivity contribution in [1.29, 1.82) is 0 Å². The van der Waals surface area contributed by atoms with Gasteiger partial charge in [-0.15, -0.1) is 0 Å². The van der Waals surface area contributed by atoms with Crippen LogP contribution in [0.15, 0.2) is 16.6 Å². The van der Waals surface area contributed by atoms with Gasteiger partial charge in [-0.25, -0.2) is 0 Å². The number of hydrogen-bond acceptors (Lipinski definition) is 4. The first kappa shape index (κ1) is 15.6. The topological polar surface area (TPSA) is 41.9 Å². The Balaban J connectivity index is 2.09. The van der Waals surface area contributed by atoms with Crippen LogP contribution in [0.2, 0.25) is 0 Å². The van der Waals surface area contributed by atoms with E-state index in [-0.39, 0.29) is 6.61 Å². The summed E-state index contributed by atoms with van der Waals surface area (Å²) in [5.41, 5.74) is 1.14. The zero-order valence-corrected chi connectivity index (χ0v) is 13.6. The first-order valence-corrected chi connectivity index (χ1v) is 7.70. The molecule has 1 saturated heterocycles. The van der Waals surface area contributed by atoms with Crippen LogP contribution in [0.5, 0.6) is 11.5 Å². The second-order valence-corrected chi connectivity index (χ2v) is 6.06. The van der Waals surface area contributed by atoms with Crippen LogP contribution >= 0.6 is 15.9 Å². The number of aliphatic hydroxyl groups is 1. The second kappa shape index (κ2) is 7.29. The molecule has 0 bridgehead atoms. The maximum atomic E-state index is 9.02. The molecule has 1 unspecified atom stereocenters. The van der Waals surface area contributed by atoms with E-state index >= 15 is 0 Å². The average Bonchev–Trinajstić information content (AvgIpc) is 2.88. The number of rotatable bonds is 6. The summed E-state index contributed by atoms with van der Waals surface area (Å²) < 4.78 is 11.7. The van der Waals surface area contributed by atoms with E-state index in [1.807, 2.05) is 12.1 Å². The van der Waals surface area contributed by atoms with Gasteiger partial charge in [0.25, 0.3) is 0 Å². The summed E-state index contributed by atoms with van der Waals surface area (Å²) in [6.45, 7) is 3.26. The van der Waals surface area contributed by atoms with Crippen molar-refractivity contribution >= 4 is 15.9 Å². The highest BCUT2D eigenvalue weighted by Crippen LogP contribution is 2.34. The van der Waals surface area contributed by atoms with E-state index in [1.54, 1.807) is 14.2 Å². The molecule has 2 rings (SSSR count). The van der Waals surface area contributed by atoms with Gasteiger partial charge in [0.15, 0.2) is 0 Å². The van der Waals surface area contributed by atoms with Gasteiger partial charge in [-0.2, -0.15) is 0 Å². The Bertz CT molecular complexity index is 453. The molecule has 0 saturated carbocycles. The summed E-state index contributed by atoms with van der Waals surface area (Å²) in [6, 6.07) is 3.98. The number of hydrogen-bond donors (Lipinski definition) is 1. The molecule has 0 radical (unpaired) electrons.